The molecule has 1 aromatic carbocycles. The number of fused-ring (bicyclic) bond motifs is 1. The van der Waals surface area contributed by atoms with Crippen LogP contribution in [-0.4, -0.2) is 29.6 Å². The Bertz CT molecular complexity index is 568. The van der Waals surface area contributed by atoms with Gasteiger partial charge in [-0.05, 0) is 43.6 Å². The van der Waals surface area contributed by atoms with E-state index in [0.29, 0.717) is 4.99 Å². The van der Waals surface area contributed by atoms with Crippen molar-refractivity contribution in [1.82, 2.24) is 4.90 Å². The van der Waals surface area contributed by atoms with Gasteiger partial charge in [0.05, 0.1) is 11.6 Å². The number of nitrogens with zero attached hydrogens (tertiary/aromatic N) is 1. The van der Waals surface area contributed by atoms with E-state index in [9.17, 15) is 0 Å². The van der Waals surface area contributed by atoms with Crippen LogP contribution < -0.4 is 10.5 Å². The summed E-state index contributed by atoms with van der Waals surface area (Å²) in [5.41, 5.74) is 8.32. The molecule has 21 heavy (non-hydrogen) atoms. The molecule has 0 radical (unpaired) electrons. The minimum Gasteiger partial charge on any atom is -0.493 e. The molecule has 0 bridgehead atoms. The molecular weight excluding hydrogens is 304 g/mol. The molecule has 5 heteroatoms. The monoisotopic (exact) mass is 324 g/mol. The first-order chi connectivity index (χ1) is 9.98. The lowest BCUT2D eigenvalue weighted by Crippen LogP contribution is -2.44. The van der Waals surface area contributed by atoms with E-state index in [1.54, 1.807) is 0 Å². The van der Waals surface area contributed by atoms with Crippen LogP contribution in [0.5, 0.6) is 5.75 Å². The fourth-order valence-electron chi connectivity index (χ4n) is 3.16. The SMILES string of the molecule is CC1(C(N)=S)CCN(Cc2cc(Cl)cc3c2OCC3)CC1. The van der Waals surface area contributed by atoms with Crippen LogP contribution in [0.15, 0.2) is 12.1 Å². The van der Waals surface area contributed by atoms with Gasteiger partial charge in [0.15, 0.2) is 0 Å². The van der Waals surface area contributed by atoms with E-state index >= 15 is 0 Å². The zero-order valence-corrected chi connectivity index (χ0v) is 13.9. The number of hydrogen-bond acceptors (Lipinski definition) is 3. The number of hydrogen-bond donors (Lipinski definition) is 1. The quantitative estimate of drug-likeness (QED) is 0.867. The van der Waals surface area contributed by atoms with E-state index in [1.807, 2.05) is 12.1 Å². The van der Waals surface area contributed by atoms with E-state index in [1.165, 1.54) is 11.1 Å². The molecule has 0 spiro atoms. The van der Waals surface area contributed by atoms with Gasteiger partial charge in [-0.2, -0.15) is 0 Å². The average Bonchev–Trinajstić information content (AvgIpc) is 2.89. The van der Waals surface area contributed by atoms with Crippen LogP contribution in [0.2, 0.25) is 5.02 Å². The summed E-state index contributed by atoms with van der Waals surface area (Å²) in [4.78, 5) is 3.09. The average molecular weight is 325 g/mol. The van der Waals surface area contributed by atoms with Gasteiger partial charge in [0.2, 0.25) is 0 Å². The van der Waals surface area contributed by atoms with E-state index in [4.69, 9.17) is 34.3 Å². The smallest absolute Gasteiger partial charge is 0.127 e. The summed E-state index contributed by atoms with van der Waals surface area (Å²) >= 11 is 11.4. The van der Waals surface area contributed by atoms with Gasteiger partial charge in [-0.3, -0.25) is 4.90 Å². The van der Waals surface area contributed by atoms with Gasteiger partial charge in [-0.25, -0.2) is 0 Å². The molecular formula is C16H21ClN2OS. The normalized spacial score (nSPS) is 20.9. The zero-order valence-electron chi connectivity index (χ0n) is 12.3. The van der Waals surface area contributed by atoms with Crippen LogP contribution >= 0.6 is 23.8 Å². The highest BCUT2D eigenvalue weighted by Gasteiger charge is 2.33. The molecule has 0 aromatic heterocycles. The lowest BCUT2D eigenvalue weighted by Gasteiger charge is -2.38. The van der Waals surface area contributed by atoms with Crippen molar-refractivity contribution in [3.63, 3.8) is 0 Å². The Balaban J connectivity index is 1.71. The highest BCUT2D eigenvalue weighted by Crippen LogP contribution is 2.36. The highest BCUT2D eigenvalue weighted by molar-refractivity contribution is 7.80. The maximum atomic E-state index is 6.23. The highest BCUT2D eigenvalue weighted by atomic mass is 35.5. The summed E-state index contributed by atoms with van der Waals surface area (Å²) in [5.74, 6) is 1.04. The molecule has 0 aliphatic carbocycles. The number of rotatable bonds is 3. The largest absolute Gasteiger partial charge is 0.493 e. The van der Waals surface area contributed by atoms with Crippen molar-refractivity contribution in [3.05, 3.63) is 28.3 Å². The van der Waals surface area contributed by atoms with E-state index in [0.717, 1.165) is 56.3 Å². The summed E-state index contributed by atoms with van der Waals surface area (Å²) in [6.07, 6.45) is 3.00. The summed E-state index contributed by atoms with van der Waals surface area (Å²) in [6.45, 7) is 5.84. The van der Waals surface area contributed by atoms with Crippen molar-refractivity contribution in [2.24, 2.45) is 11.1 Å². The van der Waals surface area contributed by atoms with Crippen LogP contribution in [-0.2, 0) is 13.0 Å². The first-order valence-corrected chi connectivity index (χ1v) is 8.23. The molecule has 2 aliphatic heterocycles. The van der Waals surface area contributed by atoms with Gasteiger partial charge >= 0.3 is 0 Å². The van der Waals surface area contributed by atoms with Gasteiger partial charge in [0, 0.05) is 29.0 Å². The molecule has 3 nitrogen and oxygen atoms in total. The number of piperidine rings is 1. The Labute approximate surface area is 136 Å². The van der Waals surface area contributed by atoms with Gasteiger partial charge in [-0.15, -0.1) is 0 Å². The topological polar surface area (TPSA) is 38.5 Å². The summed E-state index contributed by atoms with van der Waals surface area (Å²) in [7, 11) is 0. The number of nitrogens with two attached hydrogens (primary N) is 1. The molecule has 0 amide bonds. The molecule has 0 unspecified atom stereocenters. The van der Waals surface area contributed by atoms with Gasteiger partial charge in [0.25, 0.3) is 0 Å². The first-order valence-electron chi connectivity index (χ1n) is 7.44. The van der Waals surface area contributed by atoms with Crippen LogP contribution in [0.4, 0.5) is 0 Å². The van der Waals surface area contributed by atoms with Crippen molar-refractivity contribution < 1.29 is 4.74 Å². The summed E-state index contributed by atoms with van der Waals surface area (Å²) < 4.78 is 5.78. The van der Waals surface area contributed by atoms with Crippen LogP contribution in [0, 0.1) is 5.41 Å². The van der Waals surface area contributed by atoms with Crippen molar-refractivity contribution in [2.45, 2.75) is 32.7 Å². The second kappa shape index (κ2) is 5.75. The number of likely N-dealkylation sites (tertiary alicyclic amines) is 1. The zero-order chi connectivity index (χ0) is 15.0. The maximum Gasteiger partial charge on any atom is 0.127 e. The third-order valence-corrected chi connectivity index (χ3v) is 5.48. The fourth-order valence-corrected chi connectivity index (χ4v) is 3.62. The first kappa shape index (κ1) is 15.1. The lowest BCUT2D eigenvalue weighted by atomic mass is 9.80. The molecule has 0 saturated carbocycles. The fraction of sp³-hybridized carbons (Fsp3) is 0.562. The summed E-state index contributed by atoms with van der Waals surface area (Å²) in [5, 5.41) is 0.805. The van der Waals surface area contributed by atoms with Gasteiger partial charge in [0.1, 0.15) is 5.75 Å². The molecule has 2 aliphatic rings. The minimum atomic E-state index is 0.0125. The van der Waals surface area contributed by atoms with E-state index in [-0.39, 0.29) is 5.41 Å². The molecule has 1 fully saturated rings. The molecule has 2 N–H and O–H groups in total. The van der Waals surface area contributed by atoms with E-state index in [2.05, 4.69) is 11.8 Å². The van der Waals surface area contributed by atoms with Crippen LogP contribution in [0.1, 0.15) is 30.9 Å². The standard InChI is InChI=1S/C16H21ClN2OS/c1-16(15(18)21)3-5-19(6-4-16)10-12-9-13(17)8-11-2-7-20-14(11)12/h8-9H,2-7,10H2,1H3,(H2,18,21). The second-order valence-corrected chi connectivity index (χ2v) is 7.23. The molecule has 3 rings (SSSR count). The van der Waals surface area contributed by atoms with Crippen LogP contribution in [0.25, 0.3) is 0 Å². The molecule has 1 saturated heterocycles. The lowest BCUT2D eigenvalue weighted by molar-refractivity contribution is 0.156. The Hall–Kier alpha value is -0.840. The predicted molar refractivity (Wildman–Crippen MR) is 90.1 cm³/mol. The van der Waals surface area contributed by atoms with Crippen molar-refractivity contribution in [3.8, 4) is 5.75 Å². The molecule has 1 aromatic rings. The predicted octanol–water partition coefficient (Wildman–Crippen LogP) is 3.16. The summed E-state index contributed by atoms with van der Waals surface area (Å²) in [6, 6.07) is 4.06. The third kappa shape index (κ3) is 3.03. The Kier molecular flexibility index (Phi) is 4.12. The molecule has 0 atom stereocenters. The van der Waals surface area contributed by atoms with Gasteiger partial charge in [-0.1, -0.05) is 30.7 Å². The Morgan fingerprint density at radius 3 is 2.81 bits per heavy atom. The van der Waals surface area contributed by atoms with Crippen molar-refractivity contribution in [2.75, 3.05) is 19.7 Å². The number of thiocarbonyl (C=S) groups is 1. The molecule has 2 heterocycles. The van der Waals surface area contributed by atoms with Crippen molar-refractivity contribution >= 4 is 28.8 Å². The number of ether oxygens (including phenoxy) is 1. The van der Waals surface area contributed by atoms with Crippen molar-refractivity contribution in [1.29, 1.82) is 0 Å². The third-order valence-electron chi connectivity index (χ3n) is 4.77. The Morgan fingerprint density at radius 1 is 1.43 bits per heavy atom. The number of halogens is 1. The maximum absolute atomic E-state index is 6.23. The van der Waals surface area contributed by atoms with E-state index < -0.39 is 0 Å². The molecule has 114 valence electrons. The van der Waals surface area contributed by atoms with Crippen LogP contribution in [0.3, 0.4) is 0 Å². The minimum absolute atomic E-state index is 0.0125. The number of benzene rings is 1. The Morgan fingerprint density at radius 2 is 2.14 bits per heavy atom. The second-order valence-electron chi connectivity index (χ2n) is 6.35. The van der Waals surface area contributed by atoms with Gasteiger partial charge < -0.3 is 10.5 Å².